The first-order valence-corrected chi connectivity index (χ1v) is 6.67. The molecule has 1 aromatic heterocycles. The van der Waals surface area contributed by atoms with Gasteiger partial charge in [0.25, 0.3) is 0 Å². The summed E-state index contributed by atoms with van der Waals surface area (Å²) in [4.78, 5) is 25.0. The number of nitriles is 1. The summed E-state index contributed by atoms with van der Waals surface area (Å²) in [7, 11) is 0. The third kappa shape index (κ3) is 2.74. The van der Waals surface area contributed by atoms with E-state index in [-0.39, 0.29) is 17.9 Å². The molecule has 1 saturated heterocycles. The molecule has 0 aromatic carbocycles. The summed E-state index contributed by atoms with van der Waals surface area (Å²) in [6.07, 6.45) is 1.52. The maximum absolute atomic E-state index is 11.8. The Morgan fingerprint density at radius 3 is 3.05 bits per heavy atom. The van der Waals surface area contributed by atoms with Gasteiger partial charge in [-0.1, -0.05) is 0 Å². The largest absolute Gasteiger partial charge is 0.466 e. The van der Waals surface area contributed by atoms with Crippen molar-refractivity contribution in [3.05, 3.63) is 24.2 Å². The van der Waals surface area contributed by atoms with E-state index < -0.39 is 12.0 Å². The number of carbonyl (C=O) groups excluding carboxylic acids is 2. The number of esters is 1. The predicted molar refractivity (Wildman–Crippen MR) is 66.8 cm³/mol. The lowest BCUT2D eigenvalue weighted by molar-refractivity contribution is -0.152. The van der Waals surface area contributed by atoms with Crippen LogP contribution in [0.2, 0.25) is 0 Å². The minimum Gasteiger partial charge on any atom is -0.466 e. The van der Waals surface area contributed by atoms with Gasteiger partial charge in [0, 0.05) is 12.7 Å². The van der Waals surface area contributed by atoms with Crippen molar-refractivity contribution in [1.29, 1.82) is 5.26 Å². The van der Waals surface area contributed by atoms with E-state index in [0.29, 0.717) is 11.5 Å². The standard InChI is InChI=1S/C12H12N2O4S/c1-8(15)14-9(12(16)18-6-4-13)7-19-11(14)10-3-2-5-17-10/h2-3,5,9,11H,6-7H2,1H3/t9-,11+/m0/s1. The summed E-state index contributed by atoms with van der Waals surface area (Å²) in [6, 6.07) is 4.55. The van der Waals surface area contributed by atoms with Crippen molar-refractivity contribution < 1.29 is 18.7 Å². The van der Waals surface area contributed by atoms with Gasteiger partial charge in [0.05, 0.1) is 6.26 Å². The molecule has 7 heteroatoms. The van der Waals surface area contributed by atoms with Crippen molar-refractivity contribution in [2.24, 2.45) is 0 Å². The average molecular weight is 280 g/mol. The quantitative estimate of drug-likeness (QED) is 0.776. The van der Waals surface area contributed by atoms with Crippen molar-refractivity contribution in [1.82, 2.24) is 4.90 Å². The third-order valence-corrected chi connectivity index (χ3v) is 3.98. The van der Waals surface area contributed by atoms with E-state index in [0.717, 1.165) is 0 Å². The van der Waals surface area contributed by atoms with Crippen molar-refractivity contribution in [3.63, 3.8) is 0 Å². The van der Waals surface area contributed by atoms with Crippen LogP contribution in [0.3, 0.4) is 0 Å². The van der Waals surface area contributed by atoms with E-state index in [4.69, 9.17) is 14.4 Å². The van der Waals surface area contributed by atoms with Crippen molar-refractivity contribution in [2.75, 3.05) is 12.4 Å². The Kier molecular flexibility index (Phi) is 4.12. The van der Waals surface area contributed by atoms with Gasteiger partial charge in [-0.25, -0.2) is 4.79 Å². The minimum atomic E-state index is -0.675. The lowest BCUT2D eigenvalue weighted by Crippen LogP contribution is -2.42. The number of ether oxygens (including phenoxy) is 1. The highest BCUT2D eigenvalue weighted by molar-refractivity contribution is 7.99. The summed E-state index contributed by atoms with van der Waals surface area (Å²) in [5.41, 5.74) is 0. The maximum Gasteiger partial charge on any atom is 0.330 e. The molecule has 2 rings (SSSR count). The van der Waals surface area contributed by atoms with E-state index in [1.807, 2.05) is 0 Å². The van der Waals surface area contributed by atoms with Crippen molar-refractivity contribution in [3.8, 4) is 6.07 Å². The smallest absolute Gasteiger partial charge is 0.330 e. The first-order valence-electron chi connectivity index (χ1n) is 5.62. The van der Waals surface area contributed by atoms with Gasteiger partial charge in [0.2, 0.25) is 5.91 Å². The van der Waals surface area contributed by atoms with Crippen LogP contribution in [0, 0.1) is 11.3 Å². The van der Waals surface area contributed by atoms with Gasteiger partial charge in [-0.2, -0.15) is 5.26 Å². The SMILES string of the molecule is CC(=O)N1[C@@H](c2ccco2)SC[C@H]1C(=O)OCC#N. The minimum absolute atomic E-state index is 0.231. The van der Waals surface area contributed by atoms with Crippen LogP contribution in [-0.4, -0.2) is 35.2 Å². The molecule has 100 valence electrons. The molecule has 2 atom stereocenters. The number of carbonyl (C=O) groups is 2. The lowest BCUT2D eigenvalue weighted by Gasteiger charge is -2.25. The molecule has 0 bridgehead atoms. The molecule has 0 radical (unpaired) electrons. The molecule has 1 aliphatic heterocycles. The van der Waals surface area contributed by atoms with Gasteiger partial charge in [0.15, 0.2) is 6.61 Å². The molecule has 6 nitrogen and oxygen atoms in total. The molecule has 2 heterocycles. The second kappa shape index (κ2) is 5.80. The highest BCUT2D eigenvalue weighted by atomic mass is 32.2. The molecule has 1 fully saturated rings. The summed E-state index contributed by atoms with van der Waals surface area (Å²) >= 11 is 1.43. The summed E-state index contributed by atoms with van der Waals surface area (Å²) in [6.45, 7) is 1.09. The number of rotatable bonds is 3. The van der Waals surface area contributed by atoms with Gasteiger partial charge < -0.3 is 14.1 Å². The molecular weight excluding hydrogens is 268 g/mol. The fourth-order valence-electron chi connectivity index (χ4n) is 1.92. The van der Waals surface area contributed by atoms with Crippen LogP contribution < -0.4 is 0 Å². The average Bonchev–Trinajstić information content (AvgIpc) is 3.02. The van der Waals surface area contributed by atoms with E-state index in [9.17, 15) is 9.59 Å². The Labute approximate surface area is 114 Å². The molecule has 0 saturated carbocycles. The van der Waals surface area contributed by atoms with Crippen LogP contribution in [0.25, 0.3) is 0 Å². The van der Waals surface area contributed by atoms with Crippen molar-refractivity contribution in [2.45, 2.75) is 18.3 Å². The zero-order chi connectivity index (χ0) is 13.8. The van der Waals surface area contributed by atoms with Crippen LogP contribution in [0.5, 0.6) is 0 Å². The summed E-state index contributed by atoms with van der Waals surface area (Å²) in [5.74, 6) is 0.259. The molecule has 1 aliphatic rings. The normalized spacial score (nSPS) is 22.0. The van der Waals surface area contributed by atoms with E-state index in [1.165, 1.54) is 29.8 Å². The highest BCUT2D eigenvalue weighted by Gasteiger charge is 2.43. The van der Waals surface area contributed by atoms with Gasteiger partial charge in [-0.15, -0.1) is 11.8 Å². The van der Waals surface area contributed by atoms with Crippen LogP contribution >= 0.6 is 11.8 Å². The van der Waals surface area contributed by atoms with Crippen LogP contribution in [0.1, 0.15) is 18.1 Å². The number of hydrogen-bond donors (Lipinski definition) is 0. The molecule has 0 aliphatic carbocycles. The lowest BCUT2D eigenvalue weighted by atomic mass is 10.2. The summed E-state index contributed by atoms with van der Waals surface area (Å²) in [5, 5.41) is 8.08. The van der Waals surface area contributed by atoms with E-state index >= 15 is 0 Å². The zero-order valence-corrected chi connectivity index (χ0v) is 11.1. The Morgan fingerprint density at radius 1 is 1.68 bits per heavy atom. The fraction of sp³-hybridized carbons (Fsp3) is 0.417. The van der Waals surface area contributed by atoms with Crippen molar-refractivity contribution >= 4 is 23.6 Å². The maximum atomic E-state index is 11.8. The second-order valence-electron chi connectivity index (χ2n) is 3.91. The molecule has 0 spiro atoms. The Hall–Kier alpha value is -1.94. The molecular formula is C12H12N2O4S. The van der Waals surface area contributed by atoms with Crippen LogP contribution in [0.4, 0.5) is 0 Å². The number of amides is 1. The molecule has 0 unspecified atom stereocenters. The molecule has 1 aromatic rings. The fourth-order valence-corrected chi connectivity index (χ4v) is 3.34. The van der Waals surface area contributed by atoms with Gasteiger partial charge in [0.1, 0.15) is 23.2 Å². The topological polar surface area (TPSA) is 83.5 Å². The number of hydrogen-bond acceptors (Lipinski definition) is 6. The van der Waals surface area contributed by atoms with E-state index in [1.54, 1.807) is 18.2 Å². The van der Waals surface area contributed by atoms with Gasteiger partial charge in [-0.05, 0) is 12.1 Å². The molecule has 1 amide bonds. The number of furan rings is 1. The molecule has 0 N–H and O–H groups in total. The highest BCUT2D eigenvalue weighted by Crippen LogP contribution is 2.41. The number of thioether (sulfide) groups is 1. The second-order valence-corrected chi connectivity index (χ2v) is 5.02. The first kappa shape index (κ1) is 13.5. The predicted octanol–water partition coefficient (Wildman–Crippen LogP) is 1.31. The third-order valence-electron chi connectivity index (χ3n) is 2.70. The van der Waals surface area contributed by atoms with Gasteiger partial charge >= 0.3 is 5.97 Å². The zero-order valence-electron chi connectivity index (χ0n) is 10.2. The monoisotopic (exact) mass is 280 g/mol. The first-order chi connectivity index (χ1) is 9.15. The molecule has 19 heavy (non-hydrogen) atoms. The Balaban J connectivity index is 2.16. The van der Waals surface area contributed by atoms with Crippen LogP contribution in [0.15, 0.2) is 22.8 Å². The Morgan fingerprint density at radius 2 is 2.47 bits per heavy atom. The Bertz CT molecular complexity index is 508. The van der Waals surface area contributed by atoms with Crippen LogP contribution in [-0.2, 0) is 14.3 Å². The number of nitrogens with zero attached hydrogens (tertiary/aromatic N) is 2. The summed E-state index contributed by atoms with van der Waals surface area (Å²) < 4.78 is 10.1. The van der Waals surface area contributed by atoms with Gasteiger partial charge in [-0.3, -0.25) is 4.79 Å². The van der Waals surface area contributed by atoms with E-state index in [2.05, 4.69) is 0 Å².